The largest absolute Gasteiger partial charge is 0.496 e. The summed E-state index contributed by atoms with van der Waals surface area (Å²) >= 11 is 0. The second-order valence-electron chi connectivity index (χ2n) is 6.41. The summed E-state index contributed by atoms with van der Waals surface area (Å²) < 4.78 is 5.23. The molecule has 25 heavy (non-hydrogen) atoms. The quantitative estimate of drug-likeness (QED) is 0.767. The van der Waals surface area contributed by atoms with Gasteiger partial charge >= 0.3 is 0 Å². The number of rotatable bonds is 7. The lowest BCUT2D eigenvalue weighted by Gasteiger charge is -2.30. The van der Waals surface area contributed by atoms with Crippen LogP contribution in [0.15, 0.2) is 24.3 Å². The van der Waals surface area contributed by atoms with Crippen LogP contribution in [0.3, 0.4) is 0 Å². The predicted octanol–water partition coefficient (Wildman–Crippen LogP) is 2.03. The zero-order valence-electron chi connectivity index (χ0n) is 15.0. The molecule has 1 aromatic carbocycles. The summed E-state index contributed by atoms with van der Waals surface area (Å²) in [6.45, 7) is 4.46. The maximum atomic E-state index is 13.0. The fraction of sp³-hybridized carbons (Fsp3) is 0.526. The van der Waals surface area contributed by atoms with Gasteiger partial charge in [-0.3, -0.25) is 9.59 Å². The summed E-state index contributed by atoms with van der Waals surface area (Å²) in [5.41, 5.74) is 0.388. The van der Waals surface area contributed by atoms with Crippen LogP contribution in [0.5, 0.6) is 5.75 Å². The first-order valence-electron chi connectivity index (χ1n) is 8.73. The lowest BCUT2D eigenvalue weighted by atomic mass is 9.97. The van der Waals surface area contributed by atoms with Gasteiger partial charge in [0.05, 0.1) is 18.7 Å². The third-order valence-electron chi connectivity index (χ3n) is 4.86. The van der Waals surface area contributed by atoms with Crippen molar-refractivity contribution >= 4 is 18.1 Å². The molecule has 0 radical (unpaired) electrons. The number of carbonyl (C=O) groups excluding carboxylic acids is 3. The predicted molar refractivity (Wildman–Crippen MR) is 94.5 cm³/mol. The first kappa shape index (κ1) is 19.0. The molecule has 1 aliphatic rings. The number of hydrogen-bond donors (Lipinski definition) is 1. The van der Waals surface area contributed by atoms with Crippen LogP contribution in [0.4, 0.5) is 0 Å². The molecule has 1 aromatic rings. The number of para-hydroxylation sites is 1. The number of nitrogens with zero attached hydrogens (tertiary/aromatic N) is 1. The van der Waals surface area contributed by atoms with E-state index < -0.39 is 6.04 Å². The number of likely N-dealkylation sites (tertiary alicyclic amines) is 1. The summed E-state index contributed by atoms with van der Waals surface area (Å²) in [6.07, 6.45) is 3.05. The average Bonchev–Trinajstić information content (AvgIpc) is 3.13. The Morgan fingerprint density at radius 2 is 2.12 bits per heavy atom. The Hall–Kier alpha value is -2.37. The van der Waals surface area contributed by atoms with Gasteiger partial charge in [0, 0.05) is 6.54 Å². The van der Waals surface area contributed by atoms with Crippen molar-refractivity contribution in [2.24, 2.45) is 5.92 Å². The summed E-state index contributed by atoms with van der Waals surface area (Å²) in [4.78, 5) is 38.5. The van der Waals surface area contributed by atoms with Crippen LogP contribution in [0, 0.1) is 5.92 Å². The lowest BCUT2D eigenvalue weighted by molar-refractivity contribution is -0.137. The van der Waals surface area contributed by atoms with E-state index in [1.54, 1.807) is 29.2 Å². The molecule has 0 saturated carbocycles. The fourth-order valence-corrected chi connectivity index (χ4v) is 3.12. The van der Waals surface area contributed by atoms with E-state index in [4.69, 9.17) is 4.74 Å². The lowest BCUT2D eigenvalue weighted by Crippen LogP contribution is -2.53. The van der Waals surface area contributed by atoms with Crippen LogP contribution in [0.1, 0.15) is 43.5 Å². The second-order valence-corrected chi connectivity index (χ2v) is 6.41. The third kappa shape index (κ3) is 4.18. The highest BCUT2D eigenvalue weighted by Gasteiger charge is 2.36. The van der Waals surface area contributed by atoms with Crippen molar-refractivity contribution in [2.45, 2.75) is 45.2 Å². The smallest absolute Gasteiger partial charge is 0.255 e. The van der Waals surface area contributed by atoms with Gasteiger partial charge in [0.25, 0.3) is 5.91 Å². The number of carbonyl (C=O) groups is 3. The fourth-order valence-electron chi connectivity index (χ4n) is 3.12. The summed E-state index contributed by atoms with van der Waals surface area (Å²) in [7, 11) is 1.50. The molecule has 0 aliphatic carbocycles. The molecular formula is C19H26N2O4. The van der Waals surface area contributed by atoms with Gasteiger partial charge in [0.15, 0.2) is 0 Å². The van der Waals surface area contributed by atoms with Gasteiger partial charge in [0.2, 0.25) is 5.91 Å². The molecule has 1 saturated heterocycles. The Kier molecular flexibility index (Phi) is 6.56. The Bertz CT molecular complexity index is 632. The van der Waals surface area contributed by atoms with E-state index in [0.29, 0.717) is 24.3 Å². The molecule has 1 unspecified atom stereocenters. The van der Waals surface area contributed by atoms with Gasteiger partial charge in [-0.1, -0.05) is 32.4 Å². The maximum absolute atomic E-state index is 13.0. The molecule has 6 heteroatoms. The zero-order chi connectivity index (χ0) is 18.4. The monoisotopic (exact) mass is 346 g/mol. The molecular weight excluding hydrogens is 320 g/mol. The molecule has 136 valence electrons. The van der Waals surface area contributed by atoms with E-state index in [1.165, 1.54) is 7.11 Å². The third-order valence-corrected chi connectivity index (χ3v) is 4.86. The minimum Gasteiger partial charge on any atom is -0.496 e. The van der Waals surface area contributed by atoms with E-state index >= 15 is 0 Å². The van der Waals surface area contributed by atoms with Gasteiger partial charge in [0.1, 0.15) is 18.1 Å². The number of ether oxygens (including phenoxy) is 1. The van der Waals surface area contributed by atoms with Crippen molar-refractivity contribution in [3.05, 3.63) is 29.8 Å². The minimum absolute atomic E-state index is 0.0425. The number of aldehydes is 1. The summed E-state index contributed by atoms with van der Waals surface area (Å²) in [6, 6.07) is 5.85. The first-order valence-corrected chi connectivity index (χ1v) is 8.73. The molecule has 1 heterocycles. The van der Waals surface area contributed by atoms with Crippen molar-refractivity contribution in [2.75, 3.05) is 13.7 Å². The Labute approximate surface area is 148 Å². The number of hydrogen-bond acceptors (Lipinski definition) is 4. The Balaban J connectivity index is 2.21. The minimum atomic E-state index is -0.664. The van der Waals surface area contributed by atoms with Crippen LogP contribution in [0.25, 0.3) is 0 Å². The topological polar surface area (TPSA) is 75.7 Å². The molecule has 6 nitrogen and oxygen atoms in total. The highest BCUT2D eigenvalue weighted by molar-refractivity contribution is 6.00. The summed E-state index contributed by atoms with van der Waals surface area (Å²) in [5, 5.41) is 2.85. The standard InChI is InChI=1S/C19H26N2O4/c1-4-13(2)17(19(24)21-11-7-8-14(21)12-22)20-18(23)15-9-5-6-10-16(15)25-3/h5-6,9-10,12-14,17H,4,7-8,11H2,1-3H3,(H,20,23)/t13?,14-,17-/m0/s1. The van der Waals surface area contributed by atoms with Gasteiger partial charge in [-0.2, -0.15) is 0 Å². The van der Waals surface area contributed by atoms with Crippen molar-refractivity contribution in [3.8, 4) is 5.75 Å². The molecule has 1 N–H and O–H groups in total. The van der Waals surface area contributed by atoms with Crippen LogP contribution in [0.2, 0.25) is 0 Å². The van der Waals surface area contributed by atoms with E-state index in [2.05, 4.69) is 5.32 Å². The molecule has 1 aliphatic heterocycles. The van der Waals surface area contributed by atoms with E-state index in [9.17, 15) is 14.4 Å². The molecule has 3 atom stereocenters. The highest BCUT2D eigenvalue weighted by atomic mass is 16.5. The second kappa shape index (κ2) is 8.65. The van der Waals surface area contributed by atoms with E-state index in [1.807, 2.05) is 13.8 Å². The average molecular weight is 346 g/mol. The number of amides is 2. The molecule has 1 fully saturated rings. The number of benzene rings is 1. The molecule has 0 spiro atoms. The van der Waals surface area contributed by atoms with Crippen LogP contribution < -0.4 is 10.1 Å². The number of nitrogens with one attached hydrogen (secondary N) is 1. The van der Waals surface area contributed by atoms with Gasteiger partial charge in [-0.15, -0.1) is 0 Å². The first-order chi connectivity index (χ1) is 12.0. The van der Waals surface area contributed by atoms with Gasteiger partial charge in [-0.25, -0.2) is 0 Å². The van der Waals surface area contributed by atoms with Gasteiger partial charge in [-0.05, 0) is 30.9 Å². The molecule has 2 amide bonds. The van der Waals surface area contributed by atoms with Crippen LogP contribution in [-0.4, -0.2) is 48.7 Å². The normalized spacial score (nSPS) is 19.2. The van der Waals surface area contributed by atoms with Crippen LogP contribution >= 0.6 is 0 Å². The molecule has 2 rings (SSSR count). The SMILES string of the molecule is CCC(C)[C@H](NC(=O)c1ccccc1OC)C(=O)N1CCC[C@H]1C=O. The van der Waals surface area contributed by atoms with Crippen molar-refractivity contribution in [1.29, 1.82) is 0 Å². The highest BCUT2D eigenvalue weighted by Crippen LogP contribution is 2.22. The van der Waals surface area contributed by atoms with E-state index in [0.717, 1.165) is 19.1 Å². The maximum Gasteiger partial charge on any atom is 0.255 e. The Morgan fingerprint density at radius 3 is 2.76 bits per heavy atom. The van der Waals surface area contributed by atoms with Crippen molar-refractivity contribution in [1.82, 2.24) is 10.2 Å². The van der Waals surface area contributed by atoms with Crippen molar-refractivity contribution < 1.29 is 19.1 Å². The van der Waals surface area contributed by atoms with Gasteiger partial charge < -0.3 is 19.7 Å². The van der Waals surface area contributed by atoms with Crippen LogP contribution in [-0.2, 0) is 9.59 Å². The zero-order valence-corrected chi connectivity index (χ0v) is 15.0. The number of methoxy groups -OCH3 is 1. The molecule has 0 bridgehead atoms. The Morgan fingerprint density at radius 1 is 1.40 bits per heavy atom. The van der Waals surface area contributed by atoms with Crippen molar-refractivity contribution in [3.63, 3.8) is 0 Å². The summed E-state index contributed by atoms with van der Waals surface area (Å²) in [5.74, 6) is -0.119. The molecule has 0 aromatic heterocycles. The van der Waals surface area contributed by atoms with E-state index in [-0.39, 0.29) is 23.8 Å².